The summed E-state index contributed by atoms with van der Waals surface area (Å²) in [5, 5.41) is -0.751. The molecule has 1 aromatic rings. The minimum absolute atomic E-state index is 0.0111. The molecule has 1 aliphatic rings. The van der Waals surface area contributed by atoms with Gasteiger partial charge in [-0.15, -0.1) is 0 Å². The summed E-state index contributed by atoms with van der Waals surface area (Å²) in [6.07, 6.45) is 0.0111. The van der Waals surface area contributed by atoms with Gasteiger partial charge in [0.1, 0.15) is 5.25 Å². The van der Waals surface area contributed by atoms with Crippen molar-refractivity contribution in [2.45, 2.75) is 37.9 Å². The van der Waals surface area contributed by atoms with Gasteiger partial charge in [-0.1, -0.05) is 45.0 Å². The highest BCUT2D eigenvalue weighted by Crippen LogP contribution is 2.31. The topological polar surface area (TPSA) is 63.2 Å². The summed E-state index contributed by atoms with van der Waals surface area (Å²) >= 11 is 0. The molecule has 0 aromatic heterocycles. The summed E-state index contributed by atoms with van der Waals surface area (Å²) in [5.74, 6) is -0.431. The van der Waals surface area contributed by atoms with E-state index >= 15 is 0 Å². The van der Waals surface area contributed by atoms with Crippen LogP contribution in [-0.4, -0.2) is 14.3 Å². The van der Waals surface area contributed by atoms with Gasteiger partial charge < -0.3 is 0 Å². The first-order valence-electron chi connectivity index (χ1n) is 5.85. The lowest BCUT2D eigenvalue weighted by Crippen LogP contribution is -2.21. The normalized spacial score (nSPS) is 22.8. The predicted octanol–water partition coefficient (Wildman–Crippen LogP) is 1.87. The molecular weight excluding hydrogens is 250 g/mol. The highest BCUT2D eigenvalue weighted by molar-refractivity contribution is 7.90. The van der Waals surface area contributed by atoms with Crippen molar-refractivity contribution in [3.05, 3.63) is 35.4 Å². The average molecular weight is 267 g/mol. The highest BCUT2D eigenvalue weighted by atomic mass is 32.2. The fraction of sp³-hybridized carbons (Fsp3) is 0.462. The molecular formula is C13H17NO3S. The van der Waals surface area contributed by atoms with Crippen molar-refractivity contribution < 1.29 is 13.2 Å². The lowest BCUT2D eigenvalue weighted by molar-refractivity contribution is -0.118. The molecule has 0 aliphatic carbocycles. The molecule has 0 bridgehead atoms. The Kier molecular flexibility index (Phi) is 2.97. The molecule has 1 saturated heterocycles. The number of nitrogens with one attached hydrogen (secondary N) is 1. The van der Waals surface area contributed by atoms with Gasteiger partial charge in [-0.25, -0.2) is 8.42 Å². The van der Waals surface area contributed by atoms with Crippen molar-refractivity contribution in [1.29, 1.82) is 0 Å². The molecule has 0 radical (unpaired) electrons. The van der Waals surface area contributed by atoms with Crippen molar-refractivity contribution in [2.75, 3.05) is 0 Å². The number of hydrogen-bond donors (Lipinski definition) is 1. The molecule has 1 amide bonds. The second-order valence-electron chi connectivity index (χ2n) is 5.64. The maximum absolute atomic E-state index is 11.7. The molecule has 98 valence electrons. The summed E-state index contributed by atoms with van der Waals surface area (Å²) in [7, 11) is -3.54. The van der Waals surface area contributed by atoms with E-state index in [0.717, 1.165) is 5.56 Å². The molecule has 1 unspecified atom stereocenters. The Morgan fingerprint density at radius 1 is 1.17 bits per heavy atom. The van der Waals surface area contributed by atoms with Gasteiger partial charge in [0.2, 0.25) is 15.9 Å². The van der Waals surface area contributed by atoms with Crippen LogP contribution in [0.2, 0.25) is 0 Å². The number of sulfonamides is 1. The lowest BCUT2D eigenvalue weighted by atomic mass is 9.86. The van der Waals surface area contributed by atoms with Crippen LogP contribution in [0.15, 0.2) is 24.3 Å². The minimum Gasteiger partial charge on any atom is -0.274 e. The minimum atomic E-state index is -3.54. The highest BCUT2D eigenvalue weighted by Gasteiger charge is 2.37. The Morgan fingerprint density at radius 3 is 2.11 bits per heavy atom. The van der Waals surface area contributed by atoms with Gasteiger partial charge in [0.25, 0.3) is 0 Å². The second kappa shape index (κ2) is 4.09. The van der Waals surface area contributed by atoms with E-state index in [1.54, 1.807) is 12.1 Å². The lowest BCUT2D eigenvalue weighted by Gasteiger charge is -2.19. The summed E-state index contributed by atoms with van der Waals surface area (Å²) in [4.78, 5) is 11.2. The van der Waals surface area contributed by atoms with Crippen LogP contribution in [0.5, 0.6) is 0 Å². The summed E-state index contributed by atoms with van der Waals surface area (Å²) in [6.45, 7) is 6.29. The molecule has 1 N–H and O–H groups in total. The average Bonchev–Trinajstić information content (AvgIpc) is 2.51. The number of hydrogen-bond acceptors (Lipinski definition) is 3. The molecule has 0 spiro atoms. The number of rotatable bonds is 1. The van der Waals surface area contributed by atoms with Crippen molar-refractivity contribution in [3.8, 4) is 0 Å². The molecule has 1 fully saturated rings. The summed E-state index contributed by atoms with van der Waals surface area (Å²) < 4.78 is 25.5. The molecule has 0 saturated carbocycles. The van der Waals surface area contributed by atoms with E-state index in [4.69, 9.17) is 0 Å². The fourth-order valence-corrected chi connectivity index (χ4v) is 3.47. The maximum Gasteiger partial charge on any atom is 0.242 e. The first-order chi connectivity index (χ1) is 8.20. The zero-order valence-electron chi connectivity index (χ0n) is 10.7. The molecule has 2 rings (SSSR count). The van der Waals surface area contributed by atoms with Gasteiger partial charge in [0.15, 0.2) is 0 Å². The van der Waals surface area contributed by atoms with Crippen LogP contribution in [0.4, 0.5) is 0 Å². The standard InChI is InChI=1S/C13H17NO3S/c1-13(2,3)10-6-4-9(5-7-10)11-8-12(15)14-18(11,16)17/h4-7,11H,8H2,1-3H3,(H,14,15). The fourth-order valence-electron chi connectivity index (χ4n) is 2.04. The first kappa shape index (κ1) is 13.1. The van der Waals surface area contributed by atoms with E-state index in [0.29, 0.717) is 5.56 Å². The Bertz CT molecular complexity index is 567. The smallest absolute Gasteiger partial charge is 0.242 e. The van der Waals surface area contributed by atoms with Crippen LogP contribution in [0.1, 0.15) is 43.6 Å². The second-order valence-corrected chi connectivity index (χ2v) is 7.50. The number of amides is 1. The van der Waals surface area contributed by atoms with Crippen molar-refractivity contribution in [2.24, 2.45) is 0 Å². The Hall–Kier alpha value is -1.36. The third kappa shape index (κ3) is 2.41. The van der Waals surface area contributed by atoms with Crippen LogP contribution < -0.4 is 4.72 Å². The first-order valence-corrected chi connectivity index (χ1v) is 7.40. The number of carbonyl (C=O) groups is 1. The largest absolute Gasteiger partial charge is 0.274 e. The van der Waals surface area contributed by atoms with E-state index in [1.165, 1.54) is 0 Å². The zero-order chi connectivity index (χ0) is 13.6. The van der Waals surface area contributed by atoms with Gasteiger partial charge in [0.05, 0.1) is 6.42 Å². The quantitative estimate of drug-likeness (QED) is 0.845. The van der Waals surface area contributed by atoms with Crippen molar-refractivity contribution in [3.63, 3.8) is 0 Å². The van der Waals surface area contributed by atoms with Crippen LogP contribution in [0.3, 0.4) is 0 Å². The van der Waals surface area contributed by atoms with E-state index in [9.17, 15) is 13.2 Å². The maximum atomic E-state index is 11.7. The Morgan fingerprint density at radius 2 is 1.72 bits per heavy atom. The zero-order valence-corrected chi connectivity index (χ0v) is 11.5. The molecule has 5 heteroatoms. The summed E-state index contributed by atoms with van der Waals surface area (Å²) in [6, 6.07) is 7.44. The van der Waals surface area contributed by atoms with Crippen LogP contribution in [0, 0.1) is 0 Å². The van der Waals surface area contributed by atoms with E-state index in [2.05, 4.69) is 20.8 Å². The van der Waals surface area contributed by atoms with Gasteiger partial charge in [-0.2, -0.15) is 0 Å². The number of benzene rings is 1. The van der Waals surface area contributed by atoms with Crippen LogP contribution in [-0.2, 0) is 20.2 Å². The number of carbonyl (C=O) groups excluding carboxylic acids is 1. The van der Waals surface area contributed by atoms with Gasteiger partial charge in [-0.05, 0) is 16.5 Å². The van der Waals surface area contributed by atoms with Crippen LogP contribution >= 0.6 is 0 Å². The van der Waals surface area contributed by atoms with Gasteiger partial charge in [-0.3, -0.25) is 9.52 Å². The molecule has 1 aliphatic heterocycles. The van der Waals surface area contributed by atoms with E-state index in [-0.39, 0.29) is 11.8 Å². The monoisotopic (exact) mass is 267 g/mol. The SMILES string of the molecule is CC(C)(C)c1ccc(C2CC(=O)NS2(=O)=O)cc1. The Labute approximate surface area is 107 Å². The molecule has 1 heterocycles. The predicted molar refractivity (Wildman–Crippen MR) is 69.6 cm³/mol. The molecule has 18 heavy (non-hydrogen) atoms. The van der Waals surface area contributed by atoms with Gasteiger partial charge in [0, 0.05) is 0 Å². The van der Waals surface area contributed by atoms with Crippen molar-refractivity contribution >= 4 is 15.9 Å². The van der Waals surface area contributed by atoms with Crippen LogP contribution in [0.25, 0.3) is 0 Å². The summed E-state index contributed by atoms with van der Waals surface area (Å²) in [5.41, 5.74) is 1.84. The molecule has 1 atom stereocenters. The van der Waals surface area contributed by atoms with Gasteiger partial charge >= 0.3 is 0 Å². The Balaban J connectivity index is 2.34. The third-order valence-corrected chi connectivity index (χ3v) is 4.85. The van der Waals surface area contributed by atoms with E-state index in [1.807, 2.05) is 16.9 Å². The van der Waals surface area contributed by atoms with E-state index < -0.39 is 21.2 Å². The molecule has 1 aromatic carbocycles. The third-order valence-electron chi connectivity index (χ3n) is 3.15. The van der Waals surface area contributed by atoms with Crippen molar-refractivity contribution in [1.82, 2.24) is 4.72 Å². The molecule has 4 nitrogen and oxygen atoms in total.